The van der Waals surface area contributed by atoms with Crippen molar-refractivity contribution in [1.82, 2.24) is 20.1 Å². The minimum absolute atomic E-state index is 0.0193. The van der Waals surface area contributed by atoms with Crippen LogP contribution in [0.3, 0.4) is 0 Å². The topological polar surface area (TPSA) is 68.4 Å². The Bertz CT molecular complexity index is 709. The molecule has 1 aliphatic rings. The van der Waals surface area contributed by atoms with Crippen molar-refractivity contribution in [2.45, 2.75) is 19.5 Å². The minimum atomic E-state index is -0.415. The summed E-state index contributed by atoms with van der Waals surface area (Å²) in [7, 11) is 1.76. The number of nitrogens with zero attached hydrogens (tertiary/aromatic N) is 2. The molecule has 1 aliphatic heterocycles. The molecular formula is C16H20N4O2. The molecule has 1 fully saturated rings. The lowest BCUT2D eigenvalue weighted by atomic mass is 10.1. The number of likely N-dealkylation sites (N-methyl/N-ethyl adjacent to an activating group) is 1. The number of hydrogen-bond donors (Lipinski definition) is 2. The summed E-state index contributed by atoms with van der Waals surface area (Å²) in [4.78, 5) is 30.7. The van der Waals surface area contributed by atoms with Gasteiger partial charge in [0.1, 0.15) is 6.04 Å². The quantitative estimate of drug-likeness (QED) is 0.883. The van der Waals surface area contributed by atoms with E-state index in [1.807, 2.05) is 30.5 Å². The highest BCUT2D eigenvalue weighted by Crippen LogP contribution is 2.17. The van der Waals surface area contributed by atoms with Gasteiger partial charge in [-0.15, -0.1) is 0 Å². The van der Waals surface area contributed by atoms with Crippen molar-refractivity contribution >= 4 is 22.8 Å². The first-order chi connectivity index (χ1) is 10.6. The Kier molecular flexibility index (Phi) is 3.75. The Morgan fingerprint density at radius 2 is 2.18 bits per heavy atom. The molecule has 0 radical (unpaired) electrons. The molecule has 0 spiro atoms. The molecule has 1 aromatic carbocycles. The van der Waals surface area contributed by atoms with Crippen LogP contribution in [-0.2, 0) is 11.3 Å². The number of hydrogen-bond acceptors (Lipinski definition) is 2. The summed E-state index contributed by atoms with van der Waals surface area (Å²) in [6.45, 7) is 3.35. The molecule has 0 saturated carbocycles. The van der Waals surface area contributed by atoms with Crippen molar-refractivity contribution in [3.63, 3.8) is 0 Å². The lowest BCUT2D eigenvalue weighted by Crippen LogP contribution is -2.58. The van der Waals surface area contributed by atoms with Crippen LogP contribution in [0, 0.1) is 0 Å². The second-order valence-corrected chi connectivity index (χ2v) is 5.64. The van der Waals surface area contributed by atoms with E-state index in [-0.39, 0.29) is 11.9 Å². The molecule has 116 valence electrons. The van der Waals surface area contributed by atoms with E-state index < -0.39 is 6.04 Å². The lowest BCUT2D eigenvalue weighted by molar-refractivity contribution is -0.137. The molecule has 3 rings (SSSR count). The second-order valence-electron chi connectivity index (χ2n) is 5.64. The molecule has 2 aromatic rings. The van der Waals surface area contributed by atoms with Crippen molar-refractivity contribution in [2.75, 3.05) is 20.1 Å². The molecule has 2 heterocycles. The number of aromatic nitrogens is 1. The number of piperazine rings is 1. The van der Waals surface area contributed by atoms with E-state index in [0.29, 0.717) is 19.6 Å². The largest absolute Gasteiger partial charge is 0.361 e. The molecule has 6 heteroatoms. The summed E-state index contributed by atoms with van der Waals surface area (Å²) >= 11 is 0. The van der Waals surface area contributed by atoms with E-state index in [4.69, 9.17) is 0 Å². The summed E-state index contributed by atoms with van der Waals surface area (Å²) in [5.41, 5.74) is 2.11. The monoisotopic (exact) mass is 300 g/mol. The predicted octanol–water partition coefficient (Wildman–Crippen LogP) is 1.54. The van der Waals surface area contributed by atoms with Gasteiger partial charge in [-0.1, -0.05) is 12.1 Å². The summed E-state index contributed by atoms with van der Waals surface area (Å²) in [5, 5.41) is 4.02. The molecular weight excluding hydrogens is 280 g/mol. The van der Waals surface area contributed by atoms with Crippen LogP contribution in [-0.4, -0.2) is 52.9 Å². The average molecular weight is 300 g/mol. The number of fused-ring (bicyclic) bond motifs is 1. The van der Waals surface area contributed by atoms with E-state index in [2.05, 4.69) is 10.3 Å². The van der Waals surface area contributed by atoms with Crippen LogP contribution >= 0.6 is 0 Å². The Hall–Kier alpha value is -2.50. The van der Waals surface area contributed by atoms with Gasteiger partial charge in [0.05, 0.1) is 0 Å². The number of H-pyrrole nitrogens is 1. The van der Waals surface area contributed by atoms with E-state index in [9.17, 15) is 9.59 Å². The maximum Gasteiger partial charge on any atom is 0.318 e. The summed E-state index contributed by atoms with van der Waals surface area (Å²) < 4.78 is 0. The maximum absolute atomic E-state index is 12.3. The Balaban J connectivity index is 1.67. The van der Waals surface area contributed by atoms with Crippen molar-refractivity contribution in [2.24, 2.45) is 0 Å². The Morgan fingerprint density at radius 3 is 3.00 bits per heavy atom. The summed E-state index contributed by atoms with van der Waals surface area (Å²) in [6, 6.07) is 7.35. The lowest BCUT2D eigenvalue weighted by Gasteiger charge is -2.37. The third-order valence-corrected chi connectivity index (χ3v) is 4.25. The third-order valence-electron chi connectivity index (χ3n) is 4.25. The number of amides is 3. The van der Waals surface area contributed by atoms with Gasteiger partial charge in [-0.25, -0.2) is 4.79 Å². The first-order valence-electron chi connectivity index (χ1n) is 7.42. The van der Waals surface area contributed by atoms with Crippen molar-refractivity contribution in [3.8, 4) is 0 Å². The van der Waals surface area contributed by atoms with E-state index in [1.165, 1.54) is 0 Å². The Morgan fingerprint density at radius 1 is 1.36 bits per heavy atom. The molecule has 1 unspecified atom stereocenters. The molecule has 22 heavy (non-hydrogen) atoms. The molecule has 1 atom stereocenters. The molecule has 1 aromatic heterocycles. The van der Waals surface area contributed by atoms with Gasteiger partial charge in [0.15, 0.2) is 0 Å². The highest BCUT2D eigenvalue weighted by molar-refractivity contribution is 5.88. The number of benzene rings is 1. The van der Waals surface area contributed by atoms with Crippen LogP contribution in [0.4, 0.5) is 4.79 Å². The fourth-order valence-electron chi connectivity index (χ4n) is 2.87. The van der Waals surface area contributed by atoms with Crippen LogP contribution in [0.2, 0.25) is 0 Å². The van der Waals surface area contributed by atoms with Crippen molar-refractivity contribution < 1.29 is 9.59 Å². The van der Waals surface area contributed by atoms with Gasteiger partial charge in [-0.3, -0.25) is 4.79 Å². The van der Waals surface area contributed by atoms with E-state index >= 15 is 0 Å². The highest BCUT2D eigenvalue weighted by Gasteiger charge is 2.32. The molecule has 2 N–H and O–H groups in total. The molecule has 3 amide bonds. The minimum Gasteiger partial charge on any atom is -0.361 e. The smallest absolute Gasteiger partial charge is 0.318 e. The van der Waals surface area contributed by atoms with Crippen molar-refractivity contribution in [1.29, 1.82) is 0 Å². The summed E-state index contributed by atoms with van der Waals surface area (Å²) in [6.07, 6.45) is 1.89. The first-order valence-corrected chi connectivity index (χ1v) is 7.42. The van der Waals surface area contributed by atoms with Crippen LogP contribution in [0.25, 0.3) is 10.9 Å². The van der Waals surface area contributed by atoms with Crippen LogP contribution in [0.1, 0.15) is 12.5 Å². The van der Waals surface area contributed by atoms with Gasteiger partial charge < -0.3 is 20.1 Å². The fraction of sp³-hybridized carbons (Fsp3) is 0.375. The first kappa shape index (κ1) is 14.4. The number of urea groups is 1. The molecule has 6 nitrogen and oxygen atoms in total. The number of rotatable bonds is 2. The van der Waals surface area contributed by atoms with Gasteiger partial charge in [0.2, 0.25) is 5.91 Å². The van der Waals surface area contributed by atoms with E-state index in [0.717, 1.165) is 16.5 Å². The average Bonchev–Trinajstić information content (AvgIpc) is 2.99. The molecule has 0 aliphatic carbocycles. The summed E-state index contributed by atoms with van der Waals surface area (Å²) in [5.74, 6) is -0.0193. The molecule has 1 saturated heterocycles. The van der Waals surface area contributed by atoms with Gasteiger partial charge in [0.25, 0.3) is 0 Å². The maximum atomic E-state index is 12.3. The third kappa shape index (κ3) is 2.52. The van der Waals surface area contributed by atoms with Gasteiger partial charge >= 0.3 is 6.03 Å². The van der Waals surface area contributed by atoms with Crippen LogP contribution in [0.15, 0.2) is 30.5 Å². The standard InChI is InChI=1S/C16H20N4O2/c1-11-15(21)19(2)8-9-20(11)16(22)18-10-12-4-3-5-14-13(12)6-7-17-14/h3-7,11,17H,8-10H2,1-2H3,(H,18,22). The predicted molar refractivity (Wildman–Crippen MR) is 84.3 cm³/mol. The number of carbonyl (C=O) groups excluding carboxylic acids is 2. The van der Waals surface area contributed by atoms with Gasteiger partial charge in [-0.05, 0) is 24.6 Å². The highest BCUT2D eigenvalue weighted by atomic mass is 16.2. The zero-order valence-electron chi connectivity index (χ0n) is 12.8. The fourth-order valence-corrected chi connectivity index (χ4v) is 2.87. The van der Waals surface area contributed by atoms with Gasteiger partial charge in [-0.2, -0.15) is 0 Å². The Labute approximate surface area is 129 Å². The van der Waals surface area contributed by atoms with E-state index in [1.54, 1.807) is 23.8 Å². The van der Waals surface area contributed by atoms with Crippen LogP contribution < -0.4 is 5.32 Å². The van der Waals surface area contributed by atoms with Gasteiger partial charge in [0, 0.05) is 43.8 Å². The number of aromatic amines is 1. The normalized spacial score (nSPS) is 18.8. The SMILES string of the molecule is CC1C(=O)N(C)CCN1C(=O)NCc1cccc2[nH]ccc12. The number of carbonyl (C=O) groups is 2. The van der Waals surface area contributed by atoms with Crippen molar-refractivity contribution in [3.05, 3.63) is 36.0 Å². The molecule has 0 bridgehead atoms. The van der Waals surface area contributed by atoms with Crippen LogP contribution in [0.5, 0.6) is 0 Å². The number of nitrogens with one attached hydrogen (secondary N) is 2. The zero-order chi connectivity index (χ0) is 15.7. The second kappa shape index (κ2) is 5.71. The zero-order valence-corrected chi connectivity index (χ0v) is 12.8.